The number of para-hydroxylation sites is 1. The van der Waals surface area contributed by atoms with E-state index in [9.17, 15) is 21.6 Å². The summed E-state index contributed by atoms with van der Waals surface area (Å²) >= 11 is 0. The first-order valence-electron chi connectivity index (χ1n) is 4.94. The zero-order valence-corrected chi connectivity index (χ0v) is 10.3. The van der Waals surface area contributed by atoms with Crippen molar-refractivity contribution in [1.29, 1.82) is 0 Å². The van der Waals surface area contributed by atoms with E-state index in [-0.39, 0.29) is 11.0 Å². The Hall–Kier alpha value is -1.90. The lowest BCUT2D eigenvalue weighted by Crippen LogP contribution is -2.28. The Morgan fingerprint density at radius 1 is 1.26 bits per heavy atom. The normalized spacial score (nSPS) is 12.6. The third-order valence-electron chi connectivity index (χ3n) is 2.14. The van der Waals surface area contributed by atoms with Crippen molar-refractivity contribution >= 4 is 21.2 Å². The predicted molar refractivity (Wildman–Crippen MR) is 59.9 cm³/mol. The molecular weight excluding hydrogens is 285 g/mol. The molecule has 0 saturated heterocycles. The lowest BCUT2D eigenvalue weighted by molar-refractivity contribution is -0.0499. The Labute approximate surface area is 106 Å². The Kier molecular flexibility index (Phi) is 3.09. The van der Waals surface area contributed by atoms with Gasteiger partial charge in [-0.3, -0.25) is 0 Å². The van der Waals surface area contributed by atoms with Crippen molar-refractivity contribution in [2.24, 2.45) is 0 Å². The molecule has 0 N–H and O–H groups in total. The highest BCUT2D eigenvalue weighted by Gasteiger charge is 2.48. The molecule has 0 aliphatic heterocycles. The summed E-state index contributed by atoms with van der Waals surface area (Å²) in [6.07, 6.45) is 1.30. The van der Waals surface area contributed by atoms with Crippen molar-refractivity contribution in [1.82, 2.24) is 9.97 Å². The number of rotatable bonds is 2. The molecule has 1 heterocycles. The van der Waals surface area contributed by atoms with Gasteiger partial charge in [-0.1, -0.05) is 6.07 Å². The van der Waals surface area contributed by atoms with Crippen molar-refractivity contribution in [3.05, 3.63) is 30.1 Å². The van der Waals surface area contributed by atoms with E-state index in [0.717, 1.165) is 6.07 Å². The van der Waals surface area contributed by atoms with Crippen molar-refractivity contribution in [3.8, 4) is 5.75 Å². The van der Waals surface area contributed by atoms with E-state index < -0.39 is 21.4 Å². The van der Waals surface area contributed by atoms with Crippen molar-refractivity contribution in [2.75, 3.05) is 0 Å². The average Bonchev–Trinajstić information content (AvgIpc) is 2.26. The van der Waals surface area contributed by atoms with Crippen LogP contribution in [0, 0.1) is 6.92 Å². The van der Waals surface area contributed by atoms with Crippen LogP contribution in [-0.2, 0) is 10.1 Å². The highest BCUT2D eigenvalue weighted by atomic mass is 32.2. The fourth-order valence-electron chi connectivity index (χ4n) is 1.34. The maximum Gasteiger partial charge on any atom is 0.534 e. The third kappa shape index (κ3) is 2.60. The number of aromatic nitrogens is 2. The largest absolute Gasteiger partial charge is 0.534 e. The van der Waals surface area contributed by atoms with E-state index in [1.54, 1.807) is 6.92 Å². The van der Waals surface area contributed by atoms with Gasteiger partial charge < -0.3 is 4.18 Å². The number of nitrogens with zero attached hydrogens (tertiary/aromatic N) is 2. The van der Waals surface area contributed by atoms with Crippen molar-refractivity contribution in [3.63, 3.8) is 0 Å². The van der Waals surface area contributed by atoms with Gasteiger partial charge in [0, 0.05) is 6.20 Å². The number of fused-ring (bicyclic) bond motifs is 1. The summed E-state index contributed by atoms with van der Waals surface area (Å²) in [7, 11) is -5.72. The Balaban J connectivity index is 2.53. The summed E-state index contributed by atoms with van der Waals surface area (Å²) in [5, 5.41) is 0. The van der Waals surface area contributed by atoms with Gasteiger partial charge in [0.15, 0.2) is 5.75 Å². The van der Waals surface area contributed by atoms with Crippen LogP contribution in [0.4, 0.5) is 13.2 Å². The standard InChI is InChI=1S/C10H7F3N2O3S/c1-6-5-14-9-7(15-6)3-2-4-8(9)18-19(16,17)10(11,12)13/h2-5H,1H3. The molecule has 0 saturated carbocycles. The van der Waals surface area contributed by atoms with E-state index in [1.807, 2.05) is 0 Å². The van der Waals surface area contributed by atoms with E-state index in [4.69, 9.17) is 0 Å². The second-order valence-corrected chi connectivity index (χ2v) is 5.16. The van der Waals surface area contributed by atoms with Gasteiger partial charge in [0.1, 0.15) is 5.52 Å². The summed E-state index contributed by atoms with van der Waals surface area (Å²) in [4.78, 5) is 7.84. The van der Waals surface area contributed by atoms with E-state index >= 15 is 0 Å². The fraction of sp³-hybridized carbons (Fsp3) is 0.200. The SMILES string of the molecule is Cc1cnc2c(OS(=O)(=O)C(F)(F)F)cccc2n1. The minimum absolute atomic E-state index is 0.0547. The summed E-state index contributed by atoms with van der Waals surface area (Å²) in [6, 6.07) is 3.90. The van der Waals surface area contributed by atoms with Crippen LogP contribution in [0.25, 0.3) is 11.0 Å². The number of hydrogen-bond donors (Lipinski definition) is 0. The topological polar surface area (TPSA) is 69.2 Å². The number of alkyl halides is 3. The molecule has 0 aliphatic carbocycles. The molecule has 0 fully saturated rings. The first kappa shape index (κ1) is 13.5. The number of benzene rings is 1. The molecule has 1 aromatic heterocycles. The van der Waals surface area contributed by atoms with Gasteiger partial charge >= 0.3 is 15.6 Å². The van der Waals surface area contributed by atoms with Crippen molar-refractivity contribution < 1.29 is 25.8 Å². The summed E-state index contributed by atoms with van der Waals surface area (Å²) in [6.45, 7) is 1.65. The molecule has 0 amide bonds. The molecule has 0 spiro atoms. The van der Waals surface area contributed by atoms with E-state index in [0.29, 0.717) is 5.69 Å². The molecule has 102 valence electrons. The lowest BCUT2D eigenvalue weighted by atomic mass is 10.3. The van der Waals surface area contributed by atoms with Crippen LogP contribution in [0.3, 0.4) is 0 Å². The minimum atomic E-state index is -5.72. The van der Waals surface area contributed by atoms with Crippen LogP contribution in [0.15, 0.2) is 24.4 Å². The summed E-state index contributed by atoms with van der Waals surface area (Å²) in [5.74, 6) is -0.512. The Bertz CT molecular complexity index is 728. The highest BCUT2D eigenvalue weighted by molar-refractivity contribution is 7.88. The molecular formula is C10H7F3N2O3S. The maximum atomic E-state index is 12.2. The summed E-state index contributed by atoms with van der Waals surface area (Å²) in [5.41, 5.74) is -4.76. The molecule has 2 aromatic rings. The second kappa shape index (κ2) is 4.34. The molecule has 0 atom stereocenters. The maximum absolute atomic E-state index is 12.2. The van der Waals surface area contributed by atoms with Gasteiger partial charge in [0.2, 0.25) is 0 Å². The van der Waals surface area contributed by atoms with Gasteiger partial charge in [0.25, 0.3) is 0 Å². The molecule has 1 aromatic carbocycles. The zero-order chi connectivity index (χ0) is 14.3. The smallest absolute Gasteiger partial charge is 0.374 e. The molecule has 0 aliphatic rings. The molecule has 19 heavy (non-hydrogen) atoms. The molecule has 0 unspecified atom stereocenters. The lowest BCUT2D eigenvalue weighted by Gasteiger charge is -2.10. The van der Waals surface area contributed by atoms with E-state index in [2.05, 4.69) is 14.2 Å². The van der Waals surface area contributed by atoms with Gasteiger partial charge in [-0.25, -0.2) is 9.97 Å². The second-order valence-electron chi connectivity index (χ2n) is 3.62. The van der Waals surface area contributed by atoms with Crippen LogP contribution in [0.2, 0.25) is 0 Å². The summed E-state index contributed by atoms with van der Waals surface area (Å²) < 4.78 is 62.6. The number of aryl methyl sites for hydroxylation is 1. The predicted octanol–water partition coefficient (Wildman–Crippen LogP) is 2.17. The van der Waals surface area contributed by atoms with Gasteiger partial charge in [-0.15, -0.1) is 0 Å². The van der Waals surface area contributed by atoms with Crippen LogP contribution >= 0.6 is 0 Å². The fourth-order valence-corrected chi connectivity index (χ4v) is 1.81. The van der Waals surface area contributed by atoms with Crippen molar-refractivity contribution in [2.45, 2.75) is 12.4 Å². The zero-order valence-electron chi connectivity index (χ0n) is 9.47. The van der Waals surface area contributed by atoms with Crippen LogP contribution in [0.1, 0.15) is 5.69 Å². The van der Waals surface area contributed by atoms with Crippen LogP contribution in [-0.4, -0.2) is 23.9 Å². The molecule has 5 nitrogen and oxygen atoms in total. The molecule has 9 heteroatoms. The quantitative estimate of drug-likeness (QED) is 0.626. The Morgan fingerprint density at radius 3 is 2.58 bits per heavy atom. The van der Waals surface area contributed by atoms with Gasteiger partial charge in [-0.2, -0.15) is 21.6 Å². The molecule has 2 rings (SSSR count). The number of hydrogen-bond acceptors (Lipinski definition) is 5. The Morgan fingerprint density at radius 2 is 1.95 bits per heavy atom. The molecule has 0 radical (unpaired) electrons. The van der Waals surface area contributed by atoms with Crippen LogP contribution in [0.5, 0.6) is 5.75 Å². The van der Waals surface area contributed by atoms with Crippen LogP contribution < -0.4 is 4.18 Å². The average molecular weight is 292 g/mol. The first-order valence-corrected chi connectivity index (χ1v) is 6.35. The number of halogens is 3. The minimum Gasteiger partial charge on any atom is -0.374 e. The first-order chi connectivity index (χ1) is 8.71. The monoisotopic (exact) mass is 292 g/mol. The van der Waals surface area contributed by atoms with Gasteiger partial charge in [-0.05, 0) is 19.1 Å². The highest BCUT2D eigenvalue weighted by Crippen LogP contribution is 2.30. The van der Waals surface area contributed by atoms with E-state index in [1.165, 1.54) is 18.3 Å². The van der Waals surface area contributed by atoms with Gasteiger partial charge in [0.05, 0.1) is 11.2 Å². The molecule has 0 bridgehead atoms. The third-order valence-corrected chi connectivity index (χ3v) is 3.10.